The van der Waals surface area contributed by atoms with Gasteiger partial charge in [-0.05, 0) is 45.8 Å². The second-order valence-corrected chi connectivity index (χ2v) is 4.96. The molecule has 0 radical (unpaired) electrons. The molecule has 1 unspecified atom stereocenters. The average molecular weight is 336 g/mol. The highest BCUT2D eigenvalue weighted by atomic mass is 79.9. The first-order valence-corrected chi connectivity index (χ1v) is 6.26. The third kappa shape index (κ3) is 2.54. The van der Waals surface area contributed by atoms with Crippen molar-refractivity contribution in [2.45, 2.75) is 5.38 Å². The summed E-state index contributed by atoms with van der Waals surface area (Å²) in [6.07, 6.45) is 0. The van der Waals surface area contributed by atoms with Gasteiger partial charge in [0, 0.05) is 5.56 Å². The maximum atomic E-state index is 13.6. The lowest BCUT2D eigenvalue weighted by Crippen LogP contribution is -2.01. The Hall–Kier alpha value is -1.00. The number of halogens is 5. The fourth-order valence-electron chi connectivity index (χ4n) is 1.59. The molecule has 1 atom stereocenters. The van der Waals surface area contributed by atoms with Crippen molar-refractivity contribution in [1.29, 1.82) is 0 Å². The average Bonchev–Trinajstić information content (AvgIpc) is 2.32. The molecule has 2 rings (SSSR count). The Morgan fingerprint density at radius 2 is 1.56 bits per heavy atom. The van der Waals surface area contributed by atoms with Gasteiger partial charge in [-0.3, -0.25) is 0 Å². The molecule has 0 fully saturated rings. The molecule has 0 saturated carbocycles. The summed E-state index contributed by atoms with van der Waals surface area (Å²) < 4.78 is 40.4. The first-order valence-electron chi connectivity index (χ1n) is 5.03. The Morgan fingerprint density at radius 3 is 2.11 bits per heavy atom. The van der Waals surface area contributed by atoms with Crippen LogP contribution < -0.4 is 0 Å². The molecule has 2 aromatic rings. The second-order valence-electron chi connectivity index (χ2n) is 3.67. The van der Waals surface area contributed by atoms with Crippen LogP contribution in [0.1, 0.15) is 16.5 Å². The van der Waals surface area contributed by atoms with Gasteiger partial charge in [0.2, 0.25) is 0 Å². The van der Waals surface area contributed by atoms with Crippen LogP contribution in [0, 0.1) is 17.5 Å². The summed E-state index contributed by atoms with van der Waals surface area (Å²) in [5.41, 5.74) is 0.173. The lowest BCUT2D eigenvalue weighted by Gasteiger charge is -2.12. The molecule has 0 bridgehead atoms. The highest BCUT2D eigenvalue weighted by Crippen LogP contribution is 2.34. The molecule has 5 heteroatoms. The number of rotatable bonds is 2. The molecule has 2 aromatic carbocycles. The molecule has 18 heavy (non-hydrogen) atoms. The third-order valence-corrected chi connectivity index (χ3v) is 3.57. The van der Waals surface area contributed by atoms with Crippen molar-refractivity contribution in [2.24, 2.45) is 0 Å². The smallest absolute Gasteiger partial charge is 0.137 e. The van der Waals surface area contributed by atoms with Gasteiger partial charge in [-0.1, -0.05) is 12.1 Å². The van der Waals surface area contributed by atoms with E-state index in [0.29, 0.717) is 5.56 Å². The Bertz CT molecular complexity index is 566. The van der Waals surface area contributed by atoms with E-state index in [0.717, 1.165) is 12.1 Å². The van der Waals surface area contributed by atoms with Crippen LogP contribution in [0.4, 0.5) is 13.2 Å². The van der Waals surface area contributed by atoms with E-state index >= 15 is 0 Å². The zero-order valence-corrected chi connectivity index (χ0v) is 11.3. The van der Waals surface area contributed by atoms with Crippen molar-refractivity contribution >= 4 is 27.5 Å². The summed E-state index contributed by atoms with van der Waals surface area (Å²) in [6, 6.07) is 7.51. The lowest BCUT2D eigenvalue weighted by molar-refractivity contribution is 0.559. The minimum atomic E-state index is -1.01. The quantitative estimate of drug-likeness (QED) is 0.662. The number of hydrogen-bond acceptors (Lipinski definition) is 0. The van der Waals surface area contributed by atoms with Gasteiger partial charge in [0.25, 0.3) is 0 Å². The lowest BCUT2D eigenvalue weighted by atomic mass is 10.0. The van der Waals surface area contributed by atoms with E-state index in [1.807, 2.05) is 0 Å². The molecule has 0 amide bonds. The highest BCUT2D eigenvalue weighted by Gasteiger charge is 2.20. The Morgan fingerprint density at radius 1 is 0.944 bits per heavy atom. The van der Waals surface area contributed by atoms with Gasteiger partial charge in [0.1, 0.15) is 17.5 Å². The van der Waals surface area contributed by atoms with Crippen LogP contribution in [-0.2, 0) is 0 Å². The van der Waals surface area contributed by atoms with Gasteiger partial charge in [-0.25, -0.2) is 13.2 Å². The summed E-state index contributed by atoms with van der Waals surface area (Å²) in [5.74, 6) is -1.91. The van der Waals surface area contributed by atoms with E-state index in [-0.39, 0.29) is 10.0 Å². The number of benzene rings is 2. The molecule has 0 aliphatic heterocycles. The SMILES string of the molecule is Fc1ccc(C(Cl)c2c(F)cccc2F)cc1Br. The summed E-state index contributed by atoms with van der Waals surface area (Å²) in [5, 5.41) is -1.01. The van der Waals surface area contributed by atoms with Crippen LogP contribution in [0.5, 0.6) is 0 Å². The van der Waals surface area contributed by atoms with Crippen LogP contribution in [0.15, 0.2) is 40.9 Å². The van der Waals surface area contributed by atoms with Gasteiger partial charge in [-0.15, -0.1) is 11.6 Å². The minimum Gasteiger partial charge on any atom is -0.207 e. The van der Waals surface area contributed by atoms with Crippen molar-refractivity contribution in [3.63, 3.8) is 0 Å². The van der Waals surface area contributed by atoms with Crippen molar-refractivity contribution in [2.75, 3.05) is 0 Å². The van der Waals surface area contributed by atoms with E-state index in [4.69, 9.17) is 11.6 Å². The van der Waals surface area contributed by atoms with Crippen molar-refractivity contribution < 1.29 is 13.2 Å². The fraction of sp³-hybridized carbons (Fsp3) is 0.0769. The van der Waals surface area contributed by atoms with Gasteiger partial charge < -0.3 is 0 Å². The zero-order chi connectivity index (χ0) is 13.3. The number of hydrogen-bond donors (Lipinski definition) is 0. The largest absolute Gasteiger partial charge is 0.207 e. The summed E-state index contributed by atoms with van der Waals surface area (Å²) in [7, 11) is 0. The highest BCUT2D eigenvalue weighted by molar-refractivity contribution is 9.10. The van der Waals surface area contributed by atoms with E-state index in [1.54, 1.807) is 0 Å². The molecule has 0 heterocycles. The minimum absolute atomic E-state index is 0.197. The topological polar surface area (TPSA) is 0 Å². The molecule has 0 aromatic heterocycles. The van der Waals surface area contributed by atoms with Crippen molar-refractivity contribution in [3.05, 3.63) is 69.4 Å². The molecule has 0 aliphatic rings. The van der Waals surface area contributed by atoms with Crippen molar-refractivity contribution in [1.82, 2.24) is 0 Å². The van der Waals surface area contributed by atoms with Crippen LogP contribution in [0.3, 0.4) is 0 Å². The normalized spacial score (nSPS) is 12.5. The molecule has 0 spiro atoms. The van der Waals surface area contributed by atoms with Gasteiger partial charge >= 0.3 is 0 Å². The molecule has 0 nitrogen and oxygen atoms in total. The zero-order valence-electron chi connectivity index (χ0n) is 8.93. The first-order chi connectivity index (χ1) is 8.50. The summed E-state index contributed by atoms with van der Waals surface area (Å²) in [4.78, 5) is 0. The maximum Gasteiger partial charge on any atom is 0.137 e. The standard InChI is InChI=1S/C13H7BrClF3/c14-8-6-7(4-5-9(8)16)13(15)12-10(17)2-1-3-11(12)18/h1-6,13H. The van der Waals surface area contributed by atoms with Crippen molar-refractivity contribution in [3.8, 4) is 0 Å². The summed E-state index contributed by atoms with van der Waals surface area (Å²) >= 11 is 9.05. The molecule has 0 aliphatic carbocycles. The third-order valence-electron chi connectivity index (χ3n) is 2.49. The maximum absolute atomic E-state index is 13.6. The summed E-state index contributed by atoms with van der Waals surface area (Å²) in [6.45, 7) is 0. The van der Waals surface area contributed by atoms with Crippen LogP contribution in [0.25, 0.3) is 0 Å². The van der Waals surface area contributed by atoms with E-state index in [9.17, 15) is 13.2 Å². The van der Waals surface area contributed by atoms with Crippen LogP contribution in [0.2, 0.25) is 0 Å². The first kappa shape index (κ1) is 13.4. The predicted molar refractivity (Wildman–Crippen MR) is 68.2 cm³/mol. The fourth-order valence-corrected chi connectivity index (χ4v) is 2.33. The van der Waals surface area contributed by atoms with E-state index < -0.39 is 22.8 Å². The van der Waals surface area contributed by atoms with Crippen LogP contribution in [-0.4, -0.2) is 0 Å². The van der Waals surface area contributed by atoms with E-state index in [2.05, 4.69) is 15.9 Å². The Labute approximate surface area is 116 Å². The van der Waals surface area contributed by atoms with Gasteiger partial charge in [0.15, 0.2) is 0 Å². The van der Waals surface area contributed by atoms with Gasteiger partial charge in [-0.2, -0.15) is 0 Å². The Kier molecular flexibility index (Phi) is 3.97. The molecule has 0 saturated heterocycles. The predicted octanol–water partition coefficient (Wildman–Crippen LogP) is 5.19. The molecule has 94 valence electrons. The monoisotopic (exact) mass is 334 g/mol. The number of alkyl halides is 1. The van der Waals surface area contributed by atoms with Gasteiger partial charge in [0.05, 0.1) is 9.85 Å². The Balaban J connectivity index is 2.48. The van der Waals surface area contributed by atoms with E-state index in [1.165, 1.54) is 24.3 Å². The molecular formula is C13H7BrClF3. The second kappa shape index (κ2) is 5.33. The van der Waals surface area contributed by atoms with Crippen LogP contribution >= 0.6 is 27.5 Å². The molecular weight excluding hydrogens is 328 g/mol. The molecule has 0 N–H and O–H groups in total.